The summed E-state index contributed by atoms with van der Waals surface area (Å²) in [5.41, 5.74) is 1.88. The summed E-state index contributed by atoms with van der Waals surface area (Å²) in [6.45, 7) is 4.74. The van der Waals surface area contributed by atoms with E-state index in [-0.39, 0.29) is 5.78 Å². The molecule has 0 N–H and O–H groups in total. The summed E-state index contributed by atoms with van der Waals surface area (Å²) in [7, 11) is 0. The predicted molar refractivity (Wildman–Crippen MR) is 88.5 cm³/mol. The van der Waals surface area contributed by atoms with Gasteiger partial charge in [0.2, 0.25) is 0 Å². The van der Waals surface area contributed by atoms with Crippen LogP contribution in [-0.2, 0) is 0 Å². The number of benzene rings is 2. The zero-order valence-corrected chi connectivity index (χ0v) is 13.3. The average Bonchev–Trinajstić information content (AvgIpc) is 2.51. The Hall–Kier alpha value is -1.74. The van der Waals surface area contributed by atoms with Crippen LogP contribution in [-0.4, -0.2) is 18.1 Å². The molecule has 0 spiro atoms. The highest BCUT2D eigenvalue weighted by Crippen LogP contribution is 2.24. The van der Waals surface area contributed by atoms with Crippen LogP contribution in [0.2, 0.25) is 0 Å². The van der Waals surface area contributed by atoms with Crippen molar-refractivity contribution < 1.29 is 9.53 Å². The second-order valence-electron chi connectivity index (χ2n) is 4.87. The first kappa shape index (κ1) is 15.6. The van der Waals surface area contributed by atoms with Crippen molar-refractivity contribution in [2.75, 3.05) is 12.4 Å². The summed E-state index contributed by atoms with van der Waals surface area (Å²) in [6, 6.07) is 15.7. The number of ketones is 1. The normalized spacial score (nSPS) is 10.4. The first-order chi connectivity index (χ1) is 10.2. The van der Waals surface area contributed by atoms with Gasteiger partial charge in [-0.2, -0.15) is 0 Å². The number of carbonyl (C=O) groups excluding carboxylic acids is 1. The summed E-state index contributed by atoms with van der Waals surface area (Å²) in [5.74, 6) is 1.22. The van der Waals surface area contributed by atoms with E-state index in [1.807, 2.05) is 36.4 Å². The number of thioether (sulfide) groups is 1. The molecule has 0 amide bonds. The van der Waals surface area contributed by atoms with Gasteiger partial charge in [-0.05, 0) is 37.6 Å². The summed E-state index contributed by atoms with van der Waals surface area (Å²) in [6.07, 6.45) is 0.931. The highest BCUT2D eigenvalue weighted by molar-refractivity contribution is 8.00. The van der Waals surface area contributed by atoms with Crippen LogP contribution in [0.1, 0.15) is 29.3 Å². The molecule has 0 saturated carbocycles. The molecule has 21 heavy (non-hydrogen) atoms. The van der Waals surface area contributed by atoms with Crippen molar-refractivity contribution in [3.63, 3.8) is 0 Å². The lowest BCUT2D eigenvalue weighted by molar-refractivity contribution is 0.101. The molecule has 2 aromatic rings. The molecule has 0 heterocycles. The molecule has 0 unspecified atom stereocenters. The Morgan fingerprint density at radius 1 is 1.14 bits per heavy atom. The monoisotopic (exact) mass is 300 g/mol. The van der Waals surface area contributed by atoms with Gasteiger partial charge in [0.05, 0.1) is 17.9 Å². The SMILES string of the molecule is CCCOc1ccccc1C(=O)CSc1cccc(C)c1. The second kappa shape index (κ2) is 7.89. The molecular weight excluding hydrogens is 280 g/mol. The first-order valence-corrected chi connectivity index (χ1v) is 8.13. The predicted octanol–water partition coefficient (Wildman–Crippen LogP) is 4.76. The maximum atomic E-state index is 12.4. The van der Waals surface area contributed by atoms with Gasteiger partial charge in [-0.15, -0.1) is 11.8 Å². The lowest BCUT2D eigenvalue weighted by atomic mass is 10.1. The summed E-state index contributed by atoms with van der Waals surface area (Å²) >= 11 is 1.56. The number of aryl methyl sites for hydroxylation is 1. The lowest BCUT2D eigenvalue weighted by Crippen LogP contribution is -2.06. The molecule has 0 atom stereocenters. The Balaban J connectivity index is 2.03. The minimum absolute atomic E-state index is 0.105. The Labute approximate surface area is 130 Å². The number of hydrogen-bond acceptors (Lipinski definition) is 3. The molecule has 2 rings (SSSR count). The van der Waals surface area contributed by atoms with Gasteiger partial charge >= 0.3 is 0 Å². The maximum absolute atomic E-state index is 12.4. The van der Waals surface area contributed by atoms with Crippen molar-refractivity contribution in [2.45, 2.75) is 25.2 Å². The Bertz CT molecular complexity index is 608. The average molecular weight is 300 g/mol. The van der Waals surface area contributed by atoms with Crippen LogP contribution in [0.15, 0.2) is 53.4 Å². The topological polar surface area (TPSA) is 26.3 Å². The number of Topliss-reactive ketones (excluding diaryl/α,β-unsaturated/α-hetero) is 1. The molecule has 0 radical (unpaired) electrons. The second-order valence-corrected chi connectivity index (χ2v) is 5.92. The van der Waals surface area contributed by atoms with Gasteiger partial charge in [0, 0.05) is 4.90 Å². The summed E-state index contributed by atoms with van der Waals surface area (Å²) in [5, 5.41) is 0. The van der Waals surface area contributed by atoms with Crippen LogP contribution in [0.5, 0.6) is 5.75 Å². The largest absolute Gasteiger partial charge is 0.493 e. The Morgan fingerprint density at radius 2 is 1.95 bits per heavy atom. The van der Waals surface area contributed by atoms with Gasteiger partial charge < -0.3 is 4.74 Å². The van der Waals surface area contributed by atoms with Crippen LogP contribution in [0.3, 0.4) is 0 Å². The molecule has 2 aromatic carbocycles. The van der Waals surface area contributed by atoms with Crippen molar-refractivity contribution in [3.8, 4) is 5.75 Å². The van der Waals surface area contributed by atoms with E-state index < -0.39 is 0 Å². The molecule has 0 saturated heterocycles. The van der Waals surface area contributed by atoms with E-state index in [1.165, 1.54) is 5.56 Å². The van der Waals surface area contributed by atoms with E-state index in [0.29, 0.717) is 23.7 Å². The summed E-state index contributed by atoms with van der Waals surface area (Å²) < 4.78 is 5.65. The molecule has 0 bridgehead atoms. The van der Waals surface area contributed by atoms with Gasteiger partial charge in [-0.1, -0.05) is 36.8 Å². The van der Waals surface area contributed by atoms with Crippen molar-refractivity contribution in [1.29, 1.82) is 0 Å². The van der Waals surface area contributed by atoms with E-state index in [9.17, 15) is 4.79 Å². The highest BCUT2D eigenvalue weighted by Gasteiger charge is 2.12. The highest BCUT2D eigenvalue weighted by atomic mass is 32.2. The lowest BCUT2D eigenvalue weighted by Gasteiger charge is -2.10. The smallest absolute Gasteiger partial charge is 0.176 e. The van der Waals surface area contributed by atoms with Crippen LogP contribution < -0.4 is 4.74 Å². The van der Waals surface area contributed by atoms with E-state index in [0.717, 1.165) is 11.3 Å². The van der Waals surface area contributed by atoms with Crippen LogP contribution in [0, 0.1) is 6.92 Å². The molecule has 0 aliphatic carbocycles. The third-order valence-corrected chi connectivity index (χ3v) is 4.00. The van der Waals surface area contributed by atoms with Gasteiger partial charge in [0.1, 0.15) is 5.75 Å². The quantitative estimate of drug-likeness (QED) is 0.545. The van der Waals surface area contributed by atoms with E-state index in [4.69, 9.17) is 4.74 Å². The fourth-order valence-corrected chi connectivity index (χ4v) is 2.86. The van der Waals surface area contributed by atoms with E-state index in [1.54, 1.807) is 11.8 Å². The standard InChI is InChI=1S/C18H20O2S/c1-3-11-20-18-10-5-4-9-16(18)17(19)13-21-15-8-6-7-14(2)12-15/h4-10,12H,3,11,13H2,1-2H3. The van der Waals surface area contributed by atoms with Crippen molar-refractivity contribution in [2.24, 2.45) is 0 Å². The molecule has 110 valence electrons. The van der Waals surface area contributed by atoms with E-state index in [2.05, 4.69) is 26.0 Å². The minimum Gasteiger partial charge on any atom is -0.493 e. The molecule has 0 fully saturated rings. The van der Waals surface area contributed by atoms with Gasteiger partial charge in [-0.3, -0.25) is 4.79 Å². The van der Waals surface area contributed by atoms with Gasteiger partial charge in [0.15, 0.2) is 5.78 Å². The van der Waals surface area contributed by atoms with Crippen LogP contribution >= 0.6 is 11.8 Å². The fraction of sp³-hybridized carbons (Fsp3) is 0.278. The molecule has 0 aromatic heterocycles. The number of carbonyl (C=O) groups is 1. The first-order valence-electron chi connectivity index (χ1n) is 7.15. The van der Waals surface area contributed by atoms with Crippen LogP contribution in [0.25, 0.3) is 0 Å². The Kier molecular flexibility index (Phi) is 5.88. The van der Waals surface area contributed by atoms with Crippen LogP contribution in [0.4, 0.5) is 0 Å². The zero-order valence-electron chi connectivity index (χ0n) is 12.5. The third kappa shape index (κ3) is 4.64. The molecule has 0 aliphatic rings. The third-order valence-electron chi connectivity index (χ3n) is 3.01. The van der Waals surface area contributed by atoms with Crippen molar-refractivity contribution in [3.05, 3.63) is 59.7 Å². The van der Waals surface area contributed by atoms with E-state index >= 15 is 0 Å². The number of hydrogen-bond donors (Lipinski definition) is 0. The van der Waals surface area contributed by atoms with Crippen molar-refractivity contribution >= 4 is 17.5 Å². The fourth-order valence-electron chi connectivity index (χ4n) is 1.97. The molecular formula is C18H20O2S. The zero-order chi connectivity index (χ0) is 15.1. The molecule has 3 heteroatoms. The van der Waals surface area contributed by atoms with Gasteiger partial charge in [0.25, 0.3) is 0 Å². The van der Waals surface area contributed by atoms with Crippen molar-refractivity contribution in [1.82, 2.24) is 0 Å². The van der Waals surface area contributed by atoms with Gasteiger partial charge in [-0.25, -0.2) is 0 Å². The Morgan fingerprint density at radius 3 is 2.71 bits per heavy atom. The summed E-state index contributed by atoms with van der Waals surface area (Å²) in [4.78, 5) is 13.5. The molecule has 0 aliphatic heterocycles. The number of ether oxygens (including phenoxy) is 1. The number of rotatable bonds is 7. The molecule has 2 nitrogen and oxygen atoms in total. The minimum atomic E-state index is 0.105. The number of para-hydroxylation sites is 1. The maximum Gasteiger partial charge on any atom is 0.176 e.